The average Bonchev–Trinajstić information content (AvgIpc) is 3.38. The van der Waals surface area contributed by atoms with Crippen LogP contribution in [0.25, 0.3) is 11.5 Å². The molecule has 0 bridgehead atoms. The van der Waals surface area contributed by atoms with Gasteiger partial charge < -0.3 is 9.15 Å². The smallest absolute Gasteiger partial charge is 0.348 e. The Hall–Kier alpha value is -3.07. The Bertz CT molecular complexity index is 1040. The number of rotatable bonds is 6. The van der Waals surface area contributed by atoms with E-state index in [1.54, 1.807) is 0 Å². The molecule has 0 spiro atoms. The number of hydrogen-bond donors (Lipinski definition) is 0. The van der Waals surface area contributed by atoms with E-state index in [-0.39, 0.29) is 24.1 Å². The maximum absolute atomic E-state index is 12.4. The number of aryl methyl sites for hydroxylation is 1. The van der Waals surface area contributed by atoms with Crippen molar-refractivity contribution in [2.24, 2.45) is 5.92 Å². The molecule has 9 heteroatoms. The number of nitro benzene ring substituents is 1. The van der Waals surface area contributed by atoms with Crippen LogP contribution in [0.2, 0.25) is 0 Å². The summed E-state index contributed by atoms with van der Waals surface area (Å²) < 4.78 is 10.8. The van der Waals surface area contributed by atoms with Crippen LogP contribution >= 0.6 is 11.3 Å². The Balaban J connectivity index is 1.38. The lowest BCUT2D eigenvalue weighted by molar-refractivity contribution is -0.384. The maximum atomic E-state index is 12.4. The van der Waals surface area contributed by atoms with E-state index in [1.165, 1.54) is 52.5 Å². The highest BCUT2D eigenvalue weighted by Gasteiger charge is 2.23. The summed E-state index contributed by atoms with van der Waals surface area (Å²) >= 11 is 1.50. The molecule has 0 N–H and O–H groups in total. The molecular weight excluding hydrogens is 394 g/mol. The second kappa shape index (κ2) is 8.12. The van der Waals surface area contributed by atoms with Crippen molar-refractivity contribution >= 4 is 23.0 Å². The van der Waals surface area contributed by atoms with Crippen LogP contribution in [-0.4, -0.2) is 21.1 Å². The molecule has 0 saturated carbocycles. The first-order valence-electron chi connectivity index (χ1n) is 9.39. The summed E-state index contributed by atoms with van der Waals surface area (Å²) in [6.45, 7) is 2.07. The van der Waals surface area contributed by atoms with Gasteiger partial charge in [-0.1, -0.05) is 13.3 Å². The molecule has 1 atom stereocenters. The highest BCUT2D eigenvalue weighted by atomic mass is 32.1. The number of esters is 1. The maximum Gasteiger partial charge on any atom is 0.348 e. The third kappa shape index (κ3) is 4.19. The van der Waals surface area contributed by atoms with E-state index in [0.29, 0.717) is 16.4 Å². The van der Waals surface area contributed by atoms with E-state index in [1.807, 2.05) is 6.07 Å². The normalized spacial score (nSPS) is 15.7. The Kier molecular flexibility index (Phi) is 5.39. The molecule has 1 aliphatic carbocycles. The number of carbonyl (C=O) groups excluding carboxylic acids is 1. The summed E-state index contributed by atoms with van der Waals surface area (Å²) in [5, 5.41) is 18.5. The fourth-order valence-electron chi connectivity index (χ4n) is 3.40. The van der Waals surface area contributed by atoms with Crippen LogP contribution < -0.4 is 0 Å². The van der Waals surface area contributed by atoms with Gasteiger partial charge in [-0.3, -0.25) is 10.1 Å². The first-order valence-corrected chi connectivity index (χ1v) is 10.2. The number of hydrogen-bond acceptors (Lipinski definition) is 8. The highest BCUT2D eigenvalue weighted by molar-refractivity contribution is 7.14. The van der Waals surface area contributed by atoms with Crippen molar-refractivity contribution in [3.8, 4) is 11.5 Å². The molecule has 0 unspecified atom stereocenters. The van der Waals surface area contributed by atoms with Gasteiger partial charge in [-0.05, 0) is 48.9 Å². The first-order chi connectivity index (χ1) is 14.0. The van der Waals surface area contributed by atoms with Crippen LogP contribution in [0.4, 0.5) is 5.69 Å². The van der Waals surface area contributed by atoms with Gasteiger partial charge in [0, 0.05) is 22.6 Å². The Morgan fingerprint density at radius 2 is 2.14 bits per heavy atom. The van der Waals surface area contributed by atoms with E-state index < -0.39 is 10.9 Å². The fourth-order valence-corrected chi connectivity index (χ4v) is 4.50. The summed E-state index contributed by atoms with van der Waals surface area (Å²) in [5.74, 6) is 0.673. The minimum atomic E-state index is -0.479. The largest absolute Gasteiger partial charge is 0.451 e. The number of nitro groups is 1. The standard InChI is InChI=1S/C20H19N3O5S/c1-2-12-3-8-16-14(9-12)10-17(29-16)20(24)27-11-18-21-22-19(28-18)13-4-6-15(7-5-13)23(25)26/h4-7,10,12H,2-3,8-9,11H2,1H3/t12-/m0/s1. The molecular formula is C20H19N3O5S. The quantitative estimate of drug-likeness (QED) is 0.331. The molecule has 1 aliphatic rings. The van der Waals surface area contributed by atoms with E-state index in [9.17, 15) is 14.9 Å². The number of ether oxygens (including phenoxy) is 1. The third-order valence-corrected chi connectivity index (χ3v) is 6.30. The SMILES string of the molecule is CC[C@H]1CCc2sc(C(=O)OCc3nnc(-c4ccc([N+](=O)[O-])cc4)o3)cc2C1. The predicted octanol–water partition coefficient (Wildman–Crippen LogP) is 4.58. The van der Waals surface area contributed by atoms with Crippen molar-refractivity contribution in [1.29, 1.82) is 0 Å². The zero-order chi connectivity index (χ0) is 20.4. The number of benzene rings is 1. The van der Waals surface area contributed by atoms with E-state index >= 15 is 0 Å². The fraction of sp³-hybridized carbons (Fsp3) is 0.350. The Morgan fingerprint density at radius 1 is 1.34 bits per heavy atom. The summed E-state index contributed by atoms with van der Waals surface area (Å²) in [7, 11) is 0. The van der Waals surface area contributed by atoms with Gasteiger partial charge >= 0.3 is 5.97 Å². The molecule has 150 valence electrons. The second-order valence-corrected chi connectivity index (χ2v) is 8.09. The van der Waals surface area contributed by atoms with Crippen LogP contribution in [0.15, 0.2) is 34.7 Å². The number of fused-ring (bicyclic) bond motifs is 1. The lowest BCUT2D eigenvalue weighted by atomic mass is 9.87. The molecule has 1 aromatic carbocycles. The molecule has 0 saturated heterocycles. The van der Waals surface area contributed by atoms with Crippen molar-refractivity contribution in [2.45, 2.75) is 39.2 Å². The topological polar surface area (TPSA) is 108 Å². The highest BCUT2D eigenvalue weighted by Crippen LogP contribution is 2.34. The van der Waals surface area contributed by atoms with Gasteiger partial charge in [0.05, 0.1) is 4.92 Å². The summed E-state index contributed by atoms with van der Waals surface area (Å²) in [5.41, 5.74) is 1.79. The summed E-state index contributed by atoms with van der Waals surface area (Å²) in [6.07, 6.45) is 4.38. The second-order valence-electron chi connectivity index (χ2n) is 6.96. The molecule has 8 nitrogen and oxygen atoms in total. The van der Waals surface area contributed by atoms with Gasteiger partial charge in [0.2, 0.25) is 5.89 Å². The molecule has 29 heavy (non-hydrogen) atoms. The van der Waals surface area contributed by atoms with Crippen LogP contribution in [0.3, 0.4) is 0 Å². The average molecular weight is 413 g/mol. The molecule has 3 aromatic rings. The van der Waals surface area contributed by atoms with Gasteiger partial charge in [0.25, 0.3) is 11.6 Å². The summed E-state index contributed by atoms with van der Waals surface area (Å²) in [4.78, 5) is 24.5. The van der Waals surface area contributed by atoms with Gasteiger partial charge in [-0.2, -0.15) is 0 Å². The van der Waals surface area contributed by atoms with E-state index in [4.69, 9.17) is 9.15 Å². The lowest BCUT2D eigenvalue weighted by Gasteiger charge is -2.19. The number of nitrogens with zero attached hydrogens (tertiary/aromatic N) is 3. The number of aromatic nitrogens is 2. The Labute approximate surface area is 170 Å². The van der Waals surface area contributed by atoms with Crippen molar-refractivity contribution in [3.63, 3.8) is 0 Å². The molecule has 0 radical (unpaired) electrons. The van der Waals surface area contributed by atoms with Gasteiger partial charge in [0.1, 0.15) is 4.88 Å². The van der Waals surface area contributed by atoms with Gasteiger partial charge in [0.15, 0.2) is 6.61 Å². The zero-order valence-electron chi connectivity index (χ0n) is 15.8. The van der Waals surface area contributed by atoms with Gasteiger partial charge in [-0.25, -0.2) is 4.79 Å². The van der Waals surface area contributed by atoms with E-state index in [2.05, 4.69) is 17.1 Å². The molecule has 2 heterocycles. The van der Waals surface area contributed by atoms with Crippen LogP contribution in [0.5, 0.6) is 0 Å². The zero-order valence-corrected chi connectivity index (χ0v) is 16.6. The molecule has 0 fully saturated rings. The monoisotopic (exact) mass is 413 g/mol. The Morgan fingerprint density at radius 3 is 2.86 bits per heavy atom. The van der Waals surface area contributed by atoms with Crippen LogP contribution in [0.1, 0.15) is 45.8 Å². The molecule has 4 rings (SSSR count). The van der Waals surface area contributed by atoms with Gasteiger partial charge in [-0.15, -0.1) is 21.5 Å². The van der Waals surface area contributed by atoms with Crippen molar-refractivity contribution in [3.05, 3.63) is 61.7 Å². The lowest BCUT2D eigenvalue weighted by Crippen LogP contribution is -2.10. The van der Waals surface area contributed by atoms with Crippen molar-refractivity contribution in [2.75, 3.05) is 0 Å². The molecule has 0 amide bonds. The predicted molar refractivity (Wildman–Crippen MR) is 106 cm³/mol. The van der Waals surface area contributed by atoms with Crippen LogP contribution in [-0.2, 0) is 24.2 Å². The first kappa shape index (κ1) is 19.3. The molecule has 0 aliphatic heterocycles. The van der Waals surface area contributed by atoms with Crippen LogP contribution in [0, 0.1) is 16.0 Å². The number of carbonyl (C=O) groups is 1. The van der Waals surface area contributed by atoms with E-state index in [0.717, 1.165) is 19.3 Å². The van der Waals surface area contributed by atoms with Crippen molar-refractivity contribution in [1.82, 2.24) is 10.2 Å². The summed E-state index contributed by atoms with van der Waals surface area (Å²) in [6, 6.07) is 7.73. The minimum absolute atomic E-state index is 0.0219. The number of non-ortho nitro benzene ring substituents is 1. The minimum Gasteiger partial charge on any atom is -0.451 e. The number of thiophene rings is 1. The van der Waals surface area contributed by atoms with Crippen molar-refractivity contribution < 1.29 is 18.9 Å². The third-order valence-electron chi connectivity index (χ3n) is 5.08. The molecule has 2 aromatic heterocycles.